The number of aromatic nitrogens is 2. The summed E-state index contributed by atoms with van der Waals surface area (Å²) in [6.07, 6.45) is 0. The molecule has 0 aliphatic rings. The molecule has 1 heterocycles. The van der Waals surface area contributed by atoms with Gasteiger partial charge in [-0.2, -0.15) is 5.10 Å². The first-order valence-corrected chi connectivity index (χ1v) is 5.17. The van der Waals surface area contributed by atoms with Crippen molar-refractivity contribution in [2.45, 2.75) is 0 Å². The van der Waals surface area contributed by atoms with E-state index in [1.54, 1.807) is 30.3 Å². The molecule has 0 fully saturated rings. The van der Waals surface area contributed by atoms with E-state index in [0.717, 1.165) is 10.9 Å². The maximum absolute atomic E-state index is 13.1. The van der Waals surface area contributed by atoms with Crippen LogP contribution in [0.4, 0.5) is 4.39 Å². The normalized spacial score (nSPS) is 10.9. The summed E-state index contributed by atoms with van der Waals surface area (Å²) in [5, 5.41) is 17.2. The fourth-order valence-electron chi connectivity index (χ4n) is 1.86. The molecule has 0 aliphatic heterocycles. The summed E-state index contributed by atoms with van der Waals surface area (Å²) in [6, 6.07) is 11.2. The number of nitrogens with zero attached hydrogens (tertiary/aromatic N) is 1. The lowest BCUT2D eigenvalue weighted by atomic mass is 10.1. The maximum atomic E-state index is 13.1. The summed E-state index contributed by atoms with van der Waals surface area (Å²) in [5.74, 6) is -0.121. The SMILES string of the molecule is Oc1ccc2c(-c3cccc(F)c3)n[nH]c2c1. The minimum absolute atomic E-state index is 0.173. The molecule has 1 aromatic heterocycles. The molecule has 17 heavy (non-hydrogen) atoms. The Labute approximate surface area is 96.5 Å². The second-order valence-electron chi connectivity index (χ2n) is 3.81. The third-order valence-electron chi connectivity index (χ3n) is 2.64. The summed E-state index contributed by atoms with van der Waals surface area (Å²) < 4.78 is 13.1. The number of phenolic OH excluding ortho intramolecular Hbond substituents is 1. The van der Waals surface area contributed by atoms with Gasteiger partial charge in [-0.3, -0.25) is 5.10 Å². The van der Waals surface area contributed by atoms with E-state index in [-0.39, 0.29) is 11.6 Å². The van der Waals surface area contributed by atoms with E-state index in [1.165, 1.54) is 12.1 Å². The Morgan fingerprint density at radius 3 is 2.82 bits per heavy atom. The molecule has 0 radical (unpaired) electrons. The molecule has 2 aromatic carbocycles. The number of phenols is 1. The van der Waals surface area contributed by atoms with Crippen LogP contribution in [0.1, 0.15) is 0 Å². The number of H-pyrrole nitrogens is 1. The molecule has 84 valence electrons. The number of hydrogen-bond donors (Lipinski definition) is 2. The van der Waals surface area contributed by atoms with Gasteiger partial charge < -0.3 is 5.11 Å². The van der Waals surface area contributed by atoms with E-state index in [4.69, 9.17) is 0 Å². The highest BCUT2D eigenvalue weighted by atomic mass is 19.1. The van der Waals surface area contributed by atoms with Gasteiger partial charge in [0.1, 0.15) is 17.3 Å². The quantitative estimate of drug-likeness (QED) is 0.672. The molecule has 3 aromatic rings. The third kappa shape index (κ3) is 1.63. The van der Waals surface area contributed by atoms with Gasteiger partial charge in [-0.1, -0.05) is 12.1 Å². The monoisotopic (exact) mass is 228 g/mol. The molecular formula is C13H9FN2O. The summed E-state index contributed by atoms with van der Waals surface area (Å²) in [6.45, 7) is 0. The average molecular weight is 228 g/mol. The van der Waals surface area contributed by atoms with Crippen LogP contribution in [0.5, 0.6) is 5.75 Å². The number of benzene rings is 2. The van der Waals surface area contributed by atoms with Crippen LogP contribution in [0.2, 0.25) is 0 Å². The molecule has 3 rings (SSSR count). The maximum Gasteiger partial charge on any atom is 0.123 e. The van der Waals surface area contributed by atoms with Crippen molar-refractivity contribution in [3.63, 3.8) is 0 Å². The number of nitrogens with one attached hydrogen (secondary N) is 1. The van der Waals surface area contributed by atoms with Gasteiger partial charge in [0.25, 0.3) is 0 Å². The number of aromatic amines is 1. The largest absolute Gasteiger partial charge is 0.508 e. The molecule has 3 nitrogen and oxygen atoms in total. The minimum atomic E-state index is -0.294. The molecule has 0 spiro atoms. The molecule has 4 heteroatoms. The predicted molar refractivity (Wildman–Crippen MR) is 63.2 cm³/mol. The van der Waals surface area contributed by atoms with Crippen LogP contribution < -0.4 is 0 Å². The molecule has 2 N–H and O–H groups in total. The fraction of sp³-hybridized carbons (Fsp3) is 0. The molecule has 0 atom stereocenters. The lowest BCUT2D eigenvalue weighted by molar-refractivity contribution is 0.476. The molecule has 0 amide bonds. The van der Waals surface area contributed by atoms with E-state index >= 15 is 0 Å². The van der Waals surface area contributed by atoms with Crippen molar-refractivity contribution in [3.8, 4) is 17.0 Å². The Hall–Kier alpha value is -2.36. The summed E-state index contributed by atoms with van der Waals surface area (Å²) in [7, 11) is 0. The number of hydrogen-bond acceptors (Lipinski definition) is 2. The van der Waals surface area contributed by atoms with Gasteiger partial charge in [-0.05, 0) is 24.3 Å². The number of aromatic hydroxyl groups is 1. The fourth-order valence-corrected chi connectivity index (χ4v) is 1.86. The van der Waals surface area contributed by atoms with Gasteiger partial charge in [-0.15, -0.1) is 0 Å². The van der Waals surface area contributed by atoms with Crippen molar-refractivity contribution in [3.05, 3.63) is 48.3 Å². The molecule has 0 aliphatic carbocycles. The van der Waals surface area contributed by atoms with Crippen molar-refractivity contribution < 1.29 is 9.50 Å². The molecular weight excluding hydrogens is 219 g/mol. The van der Waals surface area contributed by atoms with Crippen molar-refractivity contribution >= 4 is 10.9 Å². The van der Waals surface area contributed by atoms with Gasteiger partial charge in [0, 0.05) is 17.0 Å². The van der Waals surface area contributed by atoms with E-state index in [9.17, 15) is 9.50 Å². The average Bonchev–Trinajstić information content (AvgIpc) is 2.71. The van der Waals surface area contributed by atoms with Crippen LogP contribution >= 0.6 is 0 Å². The van der Waals surface area contributed by atoms with Crippen LogP contribution in [-0.4, -0.2) is 15.3 Å². The molecule has 0 saturated carbocycles. The highest BCUT2D eigenvalue weighted by molar-refractivity contribution is 5.93. The molecule has 0 unspecified atom stereocenters. The van der Waals surface area contributed by atoms with Crippen LogP contribution in [0.3, 0.4) is 0 Å². The highest BCUT2D eigenvalue weighted by Crippen LogP contribution is 2.28. The lowest BCUT2D eigenvalue weighted by Crippen LogP contribution is -1.80. The van der Waals surface area contributed by atoms with Gasteiger partial charge >= 0.3 is 0 Å². The second kappa shape index (κ2) is 3.59. The van der Waals surface area contributed by atoms with Crippen LogP contribution in [-0.2, 0) is 0 Å². The zero-order valence-electron chi connectivity index (χ0n) is 8.81. The summed E-state index contributed by atoms with van der Waals surface area (Å²) >= 11 is 0. The van der Waals surface area contributed by atoms with Crippen molar-refractivity contribution in [2.75, 3.05) is 0 Å². The highest BCUT2D eigenvalue weighted by Gasteiger charge is 2.08. The van der Waals surface area contributed by atoms with E-state index in [2.05, 4.69) is 10.2 Å². The van der Waals surface area contributed by atoms with E-state index in [0.29, 0.717) is 11.3 Å². The van der Waals surface area contributed by atoms with E-state index < -0.39 is 0 Å². The minimum Gasteiger partial charge on any atom is -0.508 e. The Balaban J connectivity index is 2.24. The number of rotatable bonds is 1. The van der Waals surface area contributed by atoms with Gasteiger partial charge in [-0.25, -0.2) is 4.39 Å². The van der Waals surface area contributed by atoms with Crippen LogP contribution in [0, 0.1) is 5.82 Å². The summed E-state index contributed by atoms with van der Waals surface area (Å²) in [5.41, 5.74) is 2.12. The van der Waals surface area contributed by atoms with Gasteiger partial charge in [0.05, 0.1) is 5.52 Å². The standard InChI is InChI=1S/C13H9FN2O/c14-9-3-1-2-8(6-9)13-11-5-4-10(17)7-12(11)15-16-13/h1-7,17H,(H,15,16). The first-order valence-electron chi connectivity index (χ1n) is 5.17. The lowest BCUT2D eigenvalue weighted by Gasteiger charge is -1.98. The van der Waals surface area contributed by atoms with Crippen molar-refractivity contribution in [2.24, 2.45) is 0 Å². The van der Waals surface area contributed by atoms with Crippen molar-refractivity contribution in [1.82, 2.24) is 10.2 Å². The second-order valence-corrected chi connectivity index (χ2v) is 3.81. The zero-order valence-corrected chi connectivity index (χ0v) is 8.81. The van der Waals surface area contributed by atoms with Crippen LogP contribution in [0.15, 0.2) is 42.5 Å². The van der Waals surface area contributed by atoms with Gasteiger partial charge in [0.2, 0.25) is 0 Å². The molecule has 0 saturated heterocycles. The number of fused-ring (bicyclic) bond motifs is 1. The van der Waals surface area contributed by atoms with Crippen LogP contribution in [0.25, 0.3) is 22.2 Å². The first kappa shape index (κ1) is 9.84. The third-order valence-corrected chi connectivity index (χ3v) is 2.64. The Morgan fingerprint density at radius 2 is 2.00 bits per heavy atom. The topological polar surface area (TPSA) is 48.9 Å². The van der Waals surface area contributed by atoms with Crippen molar-refractivity contribution in [1.29, 1.82) is 0 Å². The summed E-state index contributed by atoms with van der Waals surface area (Å²) in [4.78, 5) is 0. The first-order chi connectivity index (χ1) is 8.24. The Kier molecular flexibility index (Phi) is 2.08. The smallest absolute Gasteiger partial charge is 0.123 e. The molecule has 0 bridgehead atoms. The Bertz CT molecular complexity index is 691. The number of halogens is 1. The van der Waals surface area contributed by atoms with E-state index in [1.807, 2.05) is 0 Å². The predicted octanol–water partition coefficient (Wildman–Crippen LogP) is 3.07. The zero-order chi connectivity index (χ0) is 11.8. The Morgan fingerprint density at radius 1 is 1.12 bits per heavy atom. The van der Waals surface area contributed by atoms with Gasteiger partial charge in [0.15, 0.2) is 0 Å².